The van der Waals surface area contributed by atoms with Crippen molar-refractivity contribution < 1.29 is 14.3 Å². The van der Waals surface area contributed by atoms with Gasteiger partial charge in [-0.3, -0.25) is 0 Å². The molecular formula is C20H22N2O3. The minimum absolute atomic E-state index is 0.500. The van der Waals surface area contributed by atoms with Gasteiger partial charge in [0.05, 0.1) is 12.7 Å². The summed E-state index contributed by atoms with van der Waals surface area (Å²) in [5, 5.41) is 8.50. The first-order valence-corrected chi connectivity index (χ1v) is 8.11. The molecule has 0 unspecified atom stereocenters. The highest BCUT2D eigenvalue weighted by Gasteiger charge is 2.24. The molecule has 0 spiro atoms. The van der Waals surface area contributed by atoms with Crippen LogP contribution in [0.25, 0.3) is 11.1 Å². The number of benzene rings is 2. The van der Waals surface area contributed by atoms with Gasteiger partial charge in [0.15, 0.2) is 0 Å². The molecule has 1 amide bonds. The molecule has 2 aromatic rings. The monoisotopic (exact) mass is 338 g/mol. The number of hydrogen-bond donors (Lipinski definition) is 1. The van der Waals surface area contributed by atoms with Gasteiger partial charge in [0.25, 0.3) is 0 Å². The van der Waals surface area contributed by atoms with E-state index < -0.39 is 11.7 Å². The summed E-state index contributed by atoms with van der Waals surface area (Å²) in [6, 6.07) is 17.7. The Labute approximate surface area is 148 Å². The van der Waals surface area contributed by atoms with E-state index in [0.29, 0.717) is 13.0 Å². The maximum absolute atomic E-state index is 11.0. The minimum atomic E-state index is -0.792. The normalized spacial score (nSPS) is 10.8. The molecule has 130 valence electrons. The Morgan fingerprint density at radius 3 is 2.16 bits per heavy atom. The van der Waals surface area contributed by atoms with E-state index in [1.54, 1.807) is 13.8 Å². The SMILES string of the molecule is CC(C)(OC(N)=O)c1ccc(-c2ccc(OCCCC#N)cc2)cc1. The van der Waals surface area contributed by atoms with E-state index in [9.17, 15) is 4.79 Å². The molecule has 0 saturated heterocycles. The van der Waals surface area contributed by atoms with Gasteiger partial charge in [-0.05, 0) is 49.1 Å². The Bertz CT molecular complexity index is 744. The quantitative estimate of drug-likeness (QED) is 0.760. The molecule has 5 heteroatoms. The zero-order valence-electron chi connectivity index (χ0n) is 14.5. The van der Waals surface area contributed by atoms with Crippen molar-refractivity contribution in [3.05, 3.63) is 54.1 Å². The van der Waals surface area contributed by atoms with Crippen molar-refractivity contribution in [2.45, 2.75) is 32.3 Å². The van der Waals surface area contributed by atoms with E-state index in [-0.39, 0.29) is 0 Å². The van der Waals surface area contributed by atoms with Crippen LogP contribution in [-0.4, -0.2) is 12.7 Å². The molecule has 2 rings (SSSR count). The smallest absolute Gasteiger partial charge is 0.405 e. The molecule has 0 aliphatic heterocycles. The van der Waals surface area contributed by atoms with Gasteiger partial charge in [-0.25, -0.2) is 4.79 Å². The van der Waals surface area contributed by atoms with Crippen molar-refractivity contribution in [1.29, 1.82) is 5.26 Å². The predicted octanol–water partition coefficient (Wildman–Crippen LogP) is 4.37. The van der Waals surface area contributed by atoms with Gasteiger partial charge in [-0.15, -0.1) is 0 Å². The second kappa shape index (κ2) is 8.20. The Balaban J connectivity index is 2.04. The number of carbonyl (C=O) groups excluding carboxylic acids is 1. The van der Waals surface area contributed by atoms with Crippen molar-refractivity contribution >= 4 is 6.09 Å². The number of unbranched alkanes of at least 4 members (excludes halogenated alkanes) is 1. The lowest BCUT2D eigenvalue weighted by Crippen LogP contribution is -2.28. The average Bonchev–Trinajstić information content (AvgIpc) is 2.58. The molecule has 0 heterocycles. The van der Waals surface area contributed by atoms with Crippen molar-refractivity contribution in [2.24, 2.45) is 5.73 Å². The first kappa shape index (κ1) is 18.3. The van der Waals surface area contributed by atoms with E-state index in [4.69, 9.17) is 20.5 Å². The van der Waals surface area contributed by atoms with Gasteiger partial charge in [0.1, 0.15) is 11.4 Å². The summed E-state index contributed by atoms with van der Waals surface area (Å²) in [5.74, 6) is 0.786. The van der Waals surface area contributed by atoms with E-state index >= 15 is 0 Å². The molecule has 5 nitrogen and oxygen atoms in total. The average molecular weight is 338 g/mol. The summed E-state index contributed by atoms with van der Waals surface area (Å²) in [6.07, 6.45) is 0.433. The van der Waals surface area contributed by atoms with E-state index in [1.807, 2.05) is 48.5 Å². The first-order valence-electron chi connectivity index (χ1n) is 8.11. The van der Waals surface area contributed by atoms with Crippen LogP contribution in [0, 0.1) is 11.3 Å². The number of rotatable bonds is 7. The highest BCUT2D eigenvalue weighted by molar-refractivity contribution is 5.66. The topological polar surface area (TPSA) is 85.3 Å². The highest BCUT2D eigenvalue weighted by Crippen LogP contribution is 2.28. The molecule has 0 radical (unpaired) electrons. The summed E-state index contributed by atoms with van der Waals surface area (Å²) in [5.41, 5.74) is 7.32. The zero-order chi connectivity index (χ0) is 18.3. The van der Waals surface area contributed by atoms with Gasteiger partial charge >= 0.3 is 6.09 Å². The van der Waals surface area contributed by atoms with Gasteiger partial charge in [-0.2, -0.15) is 5.26 Å². The van der Waals surface area contributed by atoms with Gasteiger partial charge in [0, 0.05) is 6.42 Å². The standard InChI is InChI=1S/C20H22N2O3/c1-20(2,25-19(22)23)17-9-5-15(6-10-17)16-7-11-18(12-8-16)24-14-4-3-13-21/h5-12H,3-4,14H2,1-2H3,(H2,22,23). The molecule has 2 aromatic carbocycles. The van der Waals surface area contributed by atoms with E-state index in [0.717, 1.165) is 28.9 Å². The lowest BCUT2D eigenvalue weighted by Gasteiger charge is -2.24. The van der Waals surface area contributed by atoms with Crippen molar-refractivity contribution in [3.63, 3.8) is 0 Å². The third-order valence-corrected chi connectivity index (χ3v) is 3.83. The maximum atomic E-state index is 11.0. The van der Waals surface area contributed by atoms with Gasteiger partial charge in [0.2, 0.25) is 0 Å². The van der Waals surface area contributed by atoms with Crippen LogP contribution in [-0.2, 0) is 10.3 Å². The van der Waals surface area contributed by atoms with Crippen LogP contribution in [0.2, 0.25) is 0 Å². The summed E-state index contributed by atoms with van der Waals surface area (Å²) in [6.45, 7) is 4.13. The minimum Gasteiger partial charge on any atom is -0.494 e. The second-order valence-electron chi connectivity index (χ2n) is 6.14. The number of amides is 1. The molecule has 0 atom stereocenters. The van der Waals surface area contributed by atoms with Crippen LogP contribution in [0.1, 0.15) is 32.3 Å². The summed E-state index contributed by atoms with van der Waals surface area (Å²) >= 11 is 0. The molecule has 0 aliphatic rings. The number of nitriles is 1. The molecule has 0 saturated carbocycles. The van der Waals surface area contributed by atoms with E-state index in [2.05, 4.69) is 6.07 Å². The Morgan fingerprint density at radius 1 is 1.08 bits per heavy atom. The molecule has 0 bridgehead atoms. The van der Waals surface area contributed by atoms with Crippen LogP contribution in [0.3, 0.4) is 0 Å². The van der Waals surface area contributed by atoms with Crippen LogP contribution < -0.4 is 10.5 Å². The maximum Gasteiger partial charge on any atom is 0.405 e. The third-order valence-electron chi connectivity index (χ3n) is 3.83. The fourth-order valence-corrected chi connectivity index (χ4v) is 2.46. The fraction of sp³-hybridized carbons (Fsp3) is 0.300. The van der Waals surface area contributed by atoms with Crippen molar-refractivity contribution in [3.8, 4) is 22.9 Å². The van der Waals surface area contributed by atoms with E-state index in [1.165, 1.54) is 0 Å². The molecule has 0 aliphatic carbocycles. The molecule has 0 fully saturated rings. The Kier molecular flexibility index (Phi) is 6.02. The number of carbonyl (C=O) groups is 1. The predicted molar refractivity (Wildman–Crippen MR) is 95.9 cm³/mol. The first-order chi connectivity index (χ1) is 11.9. The van der Waals surface area contributed by atoms with Crippen LogP contribution >= 0.6 is 0 Å². The molecule has 2 N–H and O–H groups in total. The molecular weight excluding hydrogens is 316 g/mol. The summed E-state index contributed by atoms with van der Waals surface area (Å²) < 4.78 is 10.7. The second-order valence-corrected chi connectivity index (χ2v) is 6.14. The zero-order valence-corrected chi connectivity index (χ0v) is 14.5. The van der Waals surface area contributed by atoms with Gasteiger partial charge < -0.3 is 15.2 Å². The number of primary amides is 1. The Morgan fingerprint density at radius 2 is 1.64 bits per heavy atom. The Hall–Kier alpha value is -3.00. The highest BCUT2D eigenvalue weighted by atomic mass is 16.6. The fourth-order valence-electron chi connectivity index (χ4n) is 2.46. The molecule has 25 heavy (non-hydrogen) atoms. The third kappa shape index (κ3) is 5.25. The van der Waals surface area contributed by atoms with Crippen LogP contribution in [0.4, 0.5) is 4.79 Å². The number of nitrogens with zero attached hydrogens (tertiary/aromatic N) is 1. The number of nitrogens with two attached hydrogens (primary N) is 1. The number of ether oxygens (including phenoxy) is 2. The summed E-state index contributed by atoms with van der Waals surface area (Å²) in [7, 11) is 0. The lowest BCUT2D eigenvalue weighted by atomic mass is 9.95. The van der Waals surface area contributed by atoms with Crippen molar-refractivity contribution in [2.75, 3.05) is 6.61 Å². The summed E-state index contributed by atoms with van der Waals surface area (Å²) in [4.78, 5) is 11.0. The lowest BCUT2D eigenvalue weighted by molar-refractivity contribution is 0.0432. The largest absolute Gasteiger partial charge is 0.494 e. The van der Waals surface area contributed by atoms with Crippen LogP contribution in [0.15, 0.2) is 48.5 Å². The van der Waals surface area contributed by atoms with Gasteiger partial charge in [-0.1, -0.05) is 36.4 Å². The number of hydrogen-bond acceptors (Lipinski definition) is 4. The molecule has 0 aromatic heterocycles. The van der Waals surface area contributed by atoms with Crippen LogP contribution in [0.5, 0.6) is 5.75 Å². The van der Waals surface area contributed by atoms with Crippen molar-refractivity contribution in [1.82, 2.24) is 0 Å².